The van der Waals surface area contributed by atoms with Crippen molar-refractivity contribution < 1.29 is 55.1 Å². The summed E-state index contributed by atoms with van der Waals surface area (Å²) in [5.74, 6) is -2.35. The molecule has 25 heteroatoms. The number of halogens is 6. The van der Waals surface area contributed by atoms with Crippen LogP contribution in [0.15, 0.2) is 120 Å². The highest BCUT2D eigenvalue weighted by Crippen LogP contribution is 2.44. The van der Waals surface area contributed by atoms with E-state index in [4.69, 9.17) is 0 Å². The molecule has 4 aliphatic heterocycles. The van der Waals surface area contributed by atoms with Crippen LogP contribution in [0.1, 0.15) is 59.3 Å². The van der Waals surface area contributed by atoms with Gasteiger partial charge in [0.2, 0.25) is 11.8 Å². The van der Waals surface area contributed by atoms with Crippen molar-refractivity contribution in [2.75, 3.05) is 123 Å². The first-order valence-corrected chi connectivity index (χ1v) is 27.0. The zero-order chi connectivity index (χ0) is 60.8. The minimum atomic E-state index is -4.78. The molecule has 4 aromatic carbocycles. The summed E-state index contributed by atoms with van der Waals surface area (Å²) >= 11 is 0. The summed E-state index contributed by atoms with van der Waals surface area (Å²) in [6, 6.07) is 20.2. The Morgan fingerprint density at radius 2 is 0.905 bits per heavy atom. The van der Waals surface area contributed by atoms with Crippen LogP contribution in [-0.4, -0.2) is 183 Å². The van der Waals surface area contributed by atoms with Crippen LogP contribution in [0, 0.1) is 22.7 Å². The second-order valence-corrected chi connectivity index (χ2v) is 21.1. The third-order valence-electron chi connectivity index (χ3n) is 15.4. The van der Waals surface area contributed by atoms with Gasteiger partial charge in [0.25, 0.3) is 11.8 Å². The minimum absolute atomic E-state index is 0.0120. The molecule has 0 aromatic heterocycles. The zero-order valence-electron chi connectivity index (χ0n) is 46.9. The number of nitrogens with zero attached hydrogens (tertiary/aromatic N) is 11. The average molecular weight is 1160 g/mol. The van der Waals surface area contributed by atoms with Crippen LogP contribution in [0.4, 0.5) is 47.3 Å². The molecule has 0 saturated carbocycles. The third-order valence-corrected chi connectivity index (χ3v) is 15.4. The topological polar surface area (TPSA) is 203 Å². The lowest BCUT2D eigenvalue weighted by Gasteiger charge is -2.44. The van der Waals surface area contributed by atoms with E-state index >= 15 is 0 Å². The molecular formula is C59H63F6N13O6. The molecule has 2 fully saturated rings. The highest BCUT2D eigenvalue weighted by molar-refractivity contribution is 6.07. The third kappa shape index (κ3) is 13.7. The summed E-state index contributed by atoms with van der Waals surface area (Å²) in [4.78, 5) is 101. The summed E-state index contributed by atoms with van der Waals surface area (Å²) in [5.41, 5.74) is -0.969. The Bertz CT molecular complexity index is 3090. The standard InChI is InChI=1S/C59H63F6N13O6/c1-38-50(54(81)73-28-24-71(4)25-29-73)52(42-16-12-40(34-66)13-17-42)75(56(83)77(38)46-10-6-8-44(32-46)58(60,61)62)36-48(79)68-20-22-70(3)23-21-69-49(80)37-76-53(43-18-14-41(35-67)15-19-43)51(55(82)74-30-26-72(5)27-31-74)39(2)78(57(76)84)47-11-7-9-45(33-47)59(63,64)65/h6-19,32-33,52-53H,20-31,36-37H2,1-5H3,(H,68,79)(H,69,80)/t52-,53-/m1/s1. The number of anilines is 2. The van der Waals surface area contributed by atoms with Gasteiger partial charge in [-0.05, 0) is 107 Å². The molecule has 442 valence electrons. The first-order valence-electron chi connectivity index (χ1n) is 27.0. The molecule has 84 heavy (non-hydrogen) atoms. The fraction of sp³-hybridized carbons (Fsp3) is 0.390. The molecule has 4 aliphatic rings. The first-order chi connectivity index (χ1) is 39.9. The van der Waals surface area contributed by atoms with Crippen molar-refractivity contribution in [3.63, 3.8) is 0 Å². The quantitative estimate of drug-likeness (QED) is 0.118. The molecule has 2 N–H and O–H groups in total. The van der Waals surface area contributed by atoms with Gasteiger partial charge in [0.1, 0.15) is 13.1 Å². The lowest BCUT2D eigenvalue weighted by atomic mass is 9.91. The molecule has 8 rings (SSSR count). The van der Waals surface area contributed by atoms with E-state index in [0.717, 1.165) is 56.0 Å². The van der Waals surface area contributed by atoms with Crippen molar-refractivity contribution in [2.45, 2.75) is 38.3 Å². The Morgan fingerprint density at radius 3 is 1.23 bits per heavy atom. The SMILES string of the molecule is CC1=C(C(=O)N2CCN(C)CC2)[C@@H](c2ccc(C#N)cc2)N(CC(=O)NCCN(C)CCNC(=O)CN2C(=O)N(c3cccc(C(F)(F)F)c3)C(C)=C(C(=O)N3CCN(C)CC3)[C@H]2c2ccc(C#N)cc2)C(=O)N1c1cccc(C(F)(F)F)c1. The van der Waals surface area contributed by atoms with Gasteiger partial charge in [0, 0.05) is 89.9 Å². The van der Waals surface area contributed by atoms with Crippen LogP contribution in [0.25, 0.3) is 0 Å². The number of allylic oxidation sites excluding steroid dienone is 2. The van der Waals surface area contributed by atoms with Gasteiger partial charge in [-0.1, -0.05) is 36.4 Å². The van der Waals surface area contributed by atoms with Crippen molar-refractivity contribution in [3.8, 4) is 12.1 Å². The number of piperazine rings is 2. The number of likely N-dealkylation sites (N-methyl/N-ethyl adjacent to an activating group) is 3. The maximum Gasteiger partial charge on any atom is 0.416 e. The Balaban J connectivity index is 0.987. The summed E-state index contributed by atoms with van der Waals surface area (Å²) in [6.07, 6.45) is -9.56. The Morgan fingerprint density at radius 1 is 0.560 bits per heavy atom. The van der Waals surface area contributed by atoms with Gasteiger partial charge < -0.3 is 44.9 Å². The fourth-order valence-electron chi connectivity index (χ4n) is 10.7. The molecule has 19 nitrogen and oxygen atoms in total. The number of hydrogen-bond donors (Lipinski definition) is 2. The average Bonchev–Trinajstić information content (AvgIpc) is 1.20. The van der Waals surface area contributed by atoms with E-state index in [9.17, 15) is 65.6 Å². The van der Waals surface area contributed by atoms with Gasteiger partial charge in [-0.2, -0.15) is 36.9 Å². The molecule has 0 unspecified atom stereocenters. The Labute approximate surface area is 482 Å². The lowest BCUT2D eigenvalue weighted by molar-refractivity contribution is -0.138. The van der Waals surface area contributed by atoms with Gasteiger partial charge in [-0.3, -0.25) is 29.0 Å². The summed E-state index contributed by atoms with van der Waals surface area (Å²) < 4.78 is 84.7. The van der Waals surface area contributed by atoms with E-state index in [1.165, 1.54) is 50.2 Å². The smallest absolute Gasteiger partial charge is 0.353 e. The molecule has 0 aliphatic carbocycles. The molecular weight excluding hydrogens is 1100 g/mol. The Kier molecular flexibility index (Phi) is 18.8. The summed E-state index contributed by atoms with van der Waals surface area (Å²) in [7, 11) is 5.48. The van der Waals surface area contributed by atoms with Gasteiger partial charge >= 0.3 is 24.4 Å². The van der Waals surface area contributed by atoms with E-state index in [0.29, 0.717) is 63.5 Å². The second kappa shape index (κ2) is 25.8. The fourth-order valence-corrected chi connectivity index (χ4v) is 10.7. The van der Waals surface area contributed by atoms with E-state index in [1.807, 2.05) is 36.0 Å². The van der Waals surface area contributed by atoms with Crippen LogP contribution in [0.3, 0.4) is 0 Å². The number of carbonyl (C=O) groups is 6. The number of benzene rings is 4. The van der Waals surface area contributed by atoms with Crippen LogP contribution in [0.5, 0.6) is 0 Å². The molecule has 2 atom stereocenters. The first kappa shape index (κ1) is 61.3. The molecule has 4 heterocycles. The van der Waals surface area contributed by atoms with Crippen LogP contribution in [0.2, 0.25) is 0 Å². The monoisotopic (exact) mass is 1160 g/mol. The zero-order valence-corrected chi connectivity index (χ0v) is 46.9. The van der Waals surface area contributed by atoms with Crippen LogP contribution in [-0.2, 0) is 31.5 Å². The van der Waals surface area contributed by atoms with Crippen molar-refractivity contribution >= 4 is 47.1 Å². The summed E-state index contributed by atoms with van der Waals surface area (Å²) in [6.45, 7) is 5.29. The van der Waals surface area contributed by atoms with Crippen LogP contribution < -0.4 is 20.4 Å². The van der Waals surface area contributed by atoms with E-state index in [2.05, 4.69) is 10.6 Å². The second-order valence-electron chi connectivity index (χ2n) is 21.1. The number of alkyl halides is 6. The molecule has 2 saturated heterocycles. The molecule has 0 spiro atoms. The van der Waals surface area contributed by atoms with Gasteiger partial charge in [-0.25, -0.2) is 9.59 Å². The number of amides is 8. The highest BCUT2D eigenvalue weighted by Gasteiger charge is 2.47. The van der Waals surface area contributed by atoms with Crippen molar-refractivity contribution in [1.29, 1.82) is 10.5 Å². The summed E-state index contributed by atoms with van der Waals surface area (Å²) in [5, 5.41) is 24.8. The highest BCUT2D eigenvalue weighted by atomic mass is 19.4. The molecule has 0 bridgehead atoms. The van der Waals surface area contributed by atoms with Gasteiger partial charge in [0.05, 0.1) is 69.0 Å². The molecule has 8 amide bonds. The van der Waals surface area contributed by atoms with Crippen molar-refractivity contribution in [1.82, 2.24) is 44.9 Å². The lowest BCUT2D eigenvalue weighted by Crippen LogP contribution is -2.56. The van der Waals surface area contributed by atoms with E-state index < -0.39 is 84.3 Å². The maximum absolute atomic E-state index is 14.8. The van der Waals surface area contributed by atoms with Crippen molar-refractivity contribution in [2.24, 2.45) is 0 Å². The Hall–Kier alpha value is -8.78. The number of hydrogen-bond acceptors (Lipinski definition) is 11. The van der Waals surface area contributed by atoms with E-state index in [-0.39, 0.29) is 71.2 Å². The number of nitrogens with one attached hydrogen (secondary N) is 2. The van der Waals surface area contributed by atoms with Crippen molar-refractivity contribution in [3.05, 3.63) is 153 Å². The molecule has 4 aromatic rings. The predicted molar refractivity (Wildman–Crippen MR) is 297 cm³/mol. The largest absolute Gasteiger partial charge is 0.416 e. The number of rotatable bonds is 16. The minimum Gasteiger partial charge on any atom is -0.353 e. The van der Waals surface area contributed by atoms with E-state index in [1.54, 1.807) is 46.0 Å². The predicted octanol–water partition coefficient (Wildman–Crippen LogP) is 6.39. The molecule has 0 radical (unpaired) electrons. The van der Waals surface area contributed by atoms with Gasteiger partial charge in [0.15, 0.2) is 0 Å². The maximum atomic E-state index is 14.8. The number of nitriles is 2. The number of carbonyl (C=O) groups excluding carboxylic acids is 6. The number of urea groups is 2. The van der Waals surface area contributed by atoms with Crippen LogP contribution >= 0.6 is 0 Å². The van der Waals surface area contributed by atoms with Gasteiger partial charge in [-0.15, -0.1) is 0 Å². The normalized spacial score (nSPS) is 18.5.